The fraction of sp³-hybridized carbons (Fsp3) is 0.714. The van der Waals surface area contributed by atoms with Crippen LogP contribution in [0.5, 0.6) is 5.88 Å². The van der Waals surface area contributed by atoms with E-state index in [1.54, 1.807) is 12.4 Å². The summed E-state index contributed by atoms with van der Waals surface area (Å²) in [7, 11) is -0.488. The van der Waals surface area contributed by atoms with Gasteiger partial charge in [-0.05, 0) is 47.0 Å². The summed E-state index contributed by atoms with van der Waals surface area (Å²) in [4.78, 5) is 8.66. The molecule has 108 valence electrons. The predicted octanol–water partition coefficient (Wildman–Crippen LogP) is 1.71. The highest BCUT2D eigenvalue weighted by Crippen LogP contribution is 2.36. The fourth-order valence-corrected chi connectivity index (χ4v) is 2.16. The van der Waals surface area contributed by atoms with Crippen LogP contribution in [0.15, 0.2) is 12.4 Å². The summed E-state index contributed by atoms with van der Waals surface area (Å²) in [5.41, 5.74) is -0.0746. The first-order valence-electron chi connectivity index (χ1n) is 7.22. The molecular formula is C14H21BN2O3. The van der Waals surface area contributed by atoms with Crippen LogP contribution >= 0.6 is 0 Å². The Hall–Kier alpha value is -1.14. The number of hydrogen-bond acceptors (Lipinski definition) is 5. The Morgan fingerprint density at radius 3 is 2.35 bits per heavy atom. The Morgan fingerprint density at radius 1 is 1.15 bits per heavy atom. The molecule has 0 unspecified atom stereocenters. The Balaban J connectivity index is 1.76. The van der Waals surface area contributed by atoms with E-state index in [4.69, 9.17) is 14.0 Å². The molecule has 20 heavy (non-hydrogen) atoms. The van der Waals surface area contributed by atoms with E-state index in [0.717, 1.165) is 12.8 Å². The van der Waals surface area contributed by atoms with Crippen LogP contribution in [-0.4, -0.2) is 34.4 Å². The van der Waals surface area contributed by atoms with Crippen molar-refractivity contribution in [3.8, 4) is 5.88 Å². The number of rotatable bonds is 3. The maximum absolute atomic E-state index is 5.97. The lowest BCUT2D eigenvalue weighted by atomic mass is 9.85. The summed E-state index contributed by atoms with van der Waals surface area (Å²) in [6, 6.07) is 0. The number of ether oxygens (including phenoxy) is 1. The van der Waals surface area contributed by atoms with Crippen molar-refractivity contribution in [1.29, 1.82) is 0 Å². The lowest BCUT2D eigenvalue weighted by Gasteiger charge is -2.32. The van der Waals surface area contributed by atoms with Crippen molar-refractivity contribution in [3.05, 3.63) is 12.4 Å². The van der Waals surface area contributed by atoms with Gasteiger partial charge in [-0.3, -0.25) is 4.98 Å². The van der Waals surface area contributed by atoms with Crippen molar-refractivity contribution in [3.63, 3.8) is 0 Å². The van der Waals surface area contributed by atoms with Crippen LogP contribution in [0.3, 0.4) is 0 Å². The van der Waals surface area contributed by atoms with Crippen molar-refractivity contribution >= 4 is 12.7 Å². The molecule has 0 radical (unpaired) electrons. The third-order valence-electron chi connectivity index (χ3n) is 4.47. The quantitative estimate of drug-likeness (QED) is 0.787. The maximum Gasteiger partial charge on any atom is 0.516 e. The number of aromatic nitrogens is 2. The molecule has 0 aromatic carbocycles. The first-order chi connectivity index (χ1) is 9.37. The van der Waals surface area contributed by atoms with Gasteiger partial charge in [-0.15, -0.1) is 0 Å². The summed E-state index contributed by atoms with van der Waals surface area (Å²) in [6.07, 6.45) is 7.04. The minimum Gasteiger partial charge on any atom is -0.473 e. The summed E-state index contributed by atoms with van der Waals surface area (Å²) in [5.74, 6) is 0.557. The third-order valence-corrected chi connectivity index (χ3v) is 4.47. The van der Waals surface area contributed by atoms with Gasteiger partial charge in [0, 0.05) is 6.20 Å². The molecule has 1 aromatic rings. The summed E-state index contributed by atoms with van der Waals surface area (Å²) in [5, 5.41) is 0. The van der Waals surface area contributed by atoms with E-state index in [1.165, 1.54) is 6.42 Å². The lowest BCUT2D eigenvalue weighted by molar-refractivity contribution is 0.00578. The van der Waals surface area contributed by atoms with E-state index in [1.807, 2.05) is 27.7 Å². The molecule has 2 aliphatic rings. The Morgan fingerprint density at radius 2 is 1.80 bits per heavy atom. The molecule has 0 bridgehead atoms. The first-order valence-corrected chi connectivity index (χ1v) is 7.22. The van der Waals surface area contributed by atoms with Gasteiger partial charge in [0.15, 0.2) is 0 Å². The smallest absolute Gasteiger partial charge is 0.473 e. The van der Waals surface area contributed by atoms with Crippen molar-refractivity contribution < 1.29 is 14.0 Å². The molecule has 1 aliphatic heterocycles. The van der Waals surface area contributed by atoms with Gasteiger partial charge in [0.1, 0.15) is 6.10 Å². The van der Waals surface area contributed by atoms with E-state index in [9.17, 15) is 0 Å². The Labute approximate surface area is 120 Å². The van der Waals surface area contributed by atoms with Gasteiger partial charge >= 0.3 is 7.12 Å². The van der Waals surface area contributed by atoms with Crippen LogP contribution < -0.4 is 10.3 Å². The fourth-order valence-electron chi connectivity index (χ4n) is 2.16. The van der Waals surface area contributed by atoms with Crippen LogP contribution in [0.4, 0.5) is 0 Å². The average Bonchev–Trinajstić information content (AvgIpc) is 2.54. The molecule has 1 aromatic heterocycles. The van der Waals surface area contributed by atoms with E-state index < -0.39 is 7.12 Å². The lowest BCUT2D eigenvalue weighted by Crippen LogP contribution is -2.41. The molecule has 6 heteroatoms. The van der Waals surface area contributed by atoms with Crippen molar-refractivity contribution in [2.75, 3.05) is 0 Å². The monoisotopic (exact) mass is 276 g/mol. The Kier molecular flexibility index (Phi) is 3.25. The topological polar surface area (TPSA) is 53.5 Å². The molecule has 0 amide bonds. The third kappa shape index (κ3) is 2.42. The minimum atomic E-state index is -0.488. The highest BCUT2D eigenvalue weighted by molar-refractivity contribution is 6.61. The first kappa shape index (κ1) is 13.8. The molecule has 2 heterocycles. The number of hydrogen-bond donors (Lipinski definition) is 0. The molecule has 1 aliphatic carbocycles. The van der Waals surface area contributed by atoms with Crippen LogP contribution in [0, 0.1) is 0 Å². The van der Waals surface area contributed by atoms with Gasteiger partial charge in [0.25, 0.3) is 0 Å². The van der Waals surface area contributed by atoms with Gasteiger partial charge in [0.05, 0.1) is 23.0 Å². The second kappa shape index (κ2) is 4.70. The molecular weight excluding hydrogens is 255 g/mol. The SMILES string of the molecule is CC1(C)OB(c2cncc(OC3CCC3)n2)OC1(C)C. The second-order valence-corrected chi connectivity index (χ2v) is 6.54. The highest BCUT2D eigenvalue weighted by Gasteiger charge is 2.52. The molecule has 2 fully saturated rings. The largest absolute Gasteiger partial charge is 0.516 e. The molecule has 0 spiro atoms. The van der Waals surface area contributed by atoms with Gasteiger partial charge in [-0.1, -0.05) is 0 Å². The molecule has 3 rings (SSSR count). The normalized spacial score (nSPS) is 24.5. The van der Waals surface area contributed by atoms with Crippen molar-refractivity contribution in [2.24, 2.45) is 0 Å². The zero-order chi connectivity index (χ0) is 14.4. The van der Waals surface area contributed by atoms with Crippen molar-refractivity contribution in [1.82, 2.24) is 9.97 Å². The van der Waals surface area contributed by atoms with Crippen LogP contribution in [0.1, 0.15) is 47.0 Å². The van der Waals surface area contributed by atoms with Crippen LogP contribution in [0.2, 0.25) is 0 Å². The van der Waals surface area contributed by atoms with E-state index in [2.05, 4.69) is 9.97 Å². The zero-order valence-corrected chi connectivity index (χ0v) is 12.5. The molecule has 1 saturated carbocycles. The summed E-state index contributed by atoms with van der Waals surface area (Å²) in [6.45, 7) is 8.09. The van der Waals surface area contributed by atoms with Gasteiger partial charge in [0.2, 0.25) is 5.88 Å². The summed E-state index contributed by atoms with van der Waals surface area (Å²) >= 11 is 0. The van der Waals surface area contributed by atoms with Gasteiger partial charge < -0.3 is 14.0 Å². The maximum atomic E-state index is 5.97. The Bertz CT molecular complexity index is 487. The van der Waals surface area contributed by atoms with Gasteiger partial charge in [-0.25, -0.2) is 4.98 Å². The number of nitrogens with zero attached hydrogens (tertiary/aromatic N) is 2. The zero-order valence-electron chi connectivity index (χ0n) is 12.5. The van der Waals surface area contributed by atoms with Crippen molar-refractivity contribution in [2.45, 2.75) is 64.3 Å². The van der Waals surface area contributed by atoms with E-state index in [0.29, 0.717) is 11.5 Å². The molecule has 0 atom stereocenters. The standard InChI is InChI=1S/C14H21BN2O3/c1-13(2)14(3,4)20-15(19-13)11-8-16-9-12(17-11)18-10-6-5-7-10/h8-10H,5-7H2,1-4H3. The van der Waals surface area contributed by atoms with Crippen LogP contribution in [-0.2, 0) is 9.31 Å². The second-order valence-electron chi connectivity index (χ2n) is 6.54. The highest BCUT2D eigenvalue weighted by atomic mass is 16.7. The molecule has 0 N–H and O–H groups in total. The molecule has 5 nitrogen and oxygen atoms in total. The minimum absolute atomic E-state index is 0.290. The van der Waals surface area contributed by atoms with Crippen LogP contribution in [0.25, 0.3) is 0 Å². The van der Waals surface area contributed by atoms with E-state index in [-0.39, 0.29) is 17.3 Å². The predicted molar refractivity (Wildman–Crippen MR) is 76.0 cm³/mol. The average molecular weight is 276 g/mol. The summed E-state index contributed by atoms with van der Waals surface area (Å²) < 4.78 is 17.7. The molecule has 1 saturated heterocycles. The van der Waals surface area contributed by atoms with Gasteiger partial charge in [-0.2, -0.15) is 0 Å². The van der Waals surface area contributed by atoms with E-state index >= 15 is 0 Å².